The second kappa shape index (κ2) is 11.5. The summed E-state index contributed by atoms with van der Waals surface area (Å²) in [6.45, 7) is -0.888. The van der Waals surface area contributed by atoms with Gasteiger partial charge in [0, 0.05) is 12.4 Å². The molecule has 0 spiro atoms. The molecule has 0 amide bonds. The Kier molecular flexibility index (Phi) is 10.1. The molecule has 0 radical (unpaired) electrons. The number of ether oxygens (including phenoxy) is 1. The predicted octanol–water partition coefficient (Wildman–Crippen LogP) is -9.53. The molecule has 180 valence electrons. The molecule has 6 atom stereocenters. The molecule has 1 saturated heterocycles. The van der Waals surface area contributed by atoms with Gasteiger partial charge in [0.1, 0.15) is 24.6 Å². The smallest absolute Gasteiger partial charge is 0.761 e. The van der Waals surface area contributed by atoms with Crippen LogP contribution in [0.4, 0.5) is 5.95 Å². The Bertz CT molecular complexity index is 1330. The van der Waals surface area contributed by atoms with Gasteiger partial charge in [-0.2, -0.15) is 0 Å². The van der Waals surface area contributed by atoms with Crippen LogP contribution < -0.4 is 84.8 Å². The van der Waals surface area contributed by atoms with Crippen LogP contribution in [-0.4, -0.2) is 59.0 Å². The number of fused-ring (bicyclic) bond motifs is 1. The van der Waals surface area contributed by atoms with Crippen molar-refractivity contribution in [1.82, 2.24) is 23.9 Å². The summed E-state index contributed by atoms with van der Waals surface area (Å²) < 4.78 is 41.2. The molecule has 5 N–H and O–H groups in total. The monoisotopic (exact) mass is 552 g/mol. The van der Waals surface area contributed by atoms with Crippen molar-refractivity contribution in [2.24, 2.45) is 7.05 Å². The average molecular weight is 552 g/mol. The van der Waals surface area contributed by atoms with E-state index < -0.39 is 52.3 Å². The molecule has 0 saturated carbocycles. The van der Waals surface area contributed by atoms with E-state index in [1.165, 1.54) is 22.5 Å². The number of nitrogens with one attached hydrogen (secondary N) is 1. The van der Waals surface area contributed by atoms with Crippen molar-refractivity contribution >= 4 is 32.7 Å². The van der Waals surface area contributed by atoms with E-state index in [0.29, 0.717) is 4.34 Å². The van der Waals surface area contributed by atoms with Crippen molar-refractivity contribution in [3.05, 3.63) is 35.4 Å². The van der Waals surface area contributed by atoms with E-state index in [-0.39, 0.29) is 76.2 Å². The van der Waals surface area contributed by atoms with Crippen molar-refractivity contribution in [3.8, 4) is 0 Å². The van der Waals surface area contributed by atoms with E-state index in [1.54, 1.807) is 0 Å². The Balaban J connectivity index is 0.00000216. The number of hydrogen-bond acceptors (Lipinski definition) is 13. The van der Waals surface area contributed by atoms with Crippen LogP contribution in [0.5, 0.6) is 0 Å². The summed E-state index contributed by atoms with van der Waals surface area (Å²) in [6, 6.07) is 0. The minimum absolute atomic E-state index is 0. The number of H-pyrrole nitrogens is 1. The van der Waals surface area contributed by atoms with E-state index in [0.717, 1.165) is 18.7 Å². The van der Waals surface area contributed by atoms with Crippen molar-refractivity contribution in [1.29, 1.82) is 0 Å². The van der Waals surface area contributed by atoms with Gasteiger partial charge in [-0.05, 0) is 0 Å². The molecule has 3 aromatic heterocycles. The predicted molar refractivity (Wildman–Crippen MR) is 102 cm³/mol. The first-order valence-corrected chi connectivity index (χ1v) is 12.1. The third kappa shape index (κ3) is 6.34. The van der Waals surface area contributed by atoms with Crippen LogP contribution in [-0.2, 0) is 29.7 Å². The summed E-state index contributed by atoms with van der Waals surface area (Å²) in [5.41, 5.74) is 5.14. The van der Waals surface area contributed by atoms with Gasteiger partial charge in [-0.1, -0.05) is 4.98 Å². The second-order valence-electron chi connectivity index (χ2n) is 7.04. The zero-order valence-corrected chi connectivity index (χ0v) is 24.5. The number of rotatable bonds is 7. The van der Waals surface area contributed by atoms with E-state index >= 15 is 0 Å². The molecular weight excluding hydrogens is 534 g/mol. The van der Waals surface area contributed by atoms with Crippen LogP contribution in [0.1, 0.15) is 6.23 Å². The molecule has 0 bridgehead atoms. The first kappa shape index (κ1) is 30.8. The number of phosphoric acid groups is 1. The van der Waals surface area contributed by atoms with Gasteiger partial charge in [-0.3, -0.25) is 32.1 Å². The molecule has 3 aromatic rings. The largest absolute Gasteiger partial charge is 1.00 e. The van der Waals surface area contributed by atoms with Gasteiger partial charge in [0.05, 0.1) is 13.7 Å². The van der Waals surface area contributed by atoms with Crippen LogP contribution in [0.25, 0.3) is 11.2 Å². The minimum Gasteiger partial charge on any atom is -0.761 e. The Morgan fingerprint density at radius 2 is 2.00 bits per heavy atom. The number of aliphatic hydroxyl groups excluding tert-OH is 2. The van der Waals surface area contributed by atoms with Gasteiger partial charge < -0.3 is 35.0 Å². The molecule has 1 aliphatic heterocycles. The summed E-state index contributed by atoms with van der Waals surface area (Å²) in [5.74, 6) is -0.204. The Morgan fingerprint density at radius 3 is 2.63 bits per heavy atom. The van der Waals surface area contributed by atoms with E-state index in [1.807, 2.05) is 0 Å². The number of aliphatic hydroxyl groups is 2. The number of nitrogen functional groups attached to an aromatic ring is 1. The summed E-state index contributed by atoms with van der Waals surface area (Å²) in [4.78, 5) is 45.9. The Labute approximate surface area is 240 Å². The van der Waals surface area contributed by atoms with Crippen LogP contribution in [0.15, 0.2) is 29.8 Å². The Hall–Kier alpha value is -0.460. The third-order valence-electron chi connectivity index (χ3n) is 4.77. The van der Waals surface area contributed by atoms with Crippen molar-refractivity contribution < 1.29 is 106 Å². The number of aromatic amines is 1. The topological polar surface area (TPSA) is 247 Å². The summed E-state index contributed by atoms with van der Waals surface area (Å²) in [6.07, 6.45) is -1.76. The molecule has 0 aliphatic carbocycles. The van der Waals surface area contributed by atoms with Crippen LogP contribution in [0.2, 0.25) is 0 Å². The average Bonchev–Trinajstić information content (AvgIpc) is 3.41. The summed E-state index contributed by atoms with van der Waals surface area (Å²) in [7, 11) is -9.01. The van der Waals surface area contributed by atoms with Crippen LogP contribution in [0.3, 0.4) is 0 Å². The van der Waals surface area contributed by atoms with Gasteiger partial charge in [-0.25, -0.2) is 9.55 Å². The molecule has 1 aliphatic rings. The Morgan fingerprint density at radius 1 is 1.31 bits per heavy atom. The summed E-state index contributed by atoms with van der Waals surface area (Å²) >= 11 is 0. The van der Waals surface area contributed by atoms with Crippen molar-refractivity contribution in [3.63, 3.8) is 0 Å². The number of aryl methyl sites for hydroxylation is 1. The number of imidazole rings is 2. The number of hydrogen-bond donors (Lipinski definition) is 4. The normalized spacial score (nSPS) is 25.4. The summed E-state index contributed by atoms with van der Waals surface area (Å²) in [5, 5.41) is 20.7. The first-order chi connectivity index (χ1) is 15.4. The molecule has 21 heteroatoms. The maximum Gasteiger partial charge on any atom is 1.00 e. The quantitative estimate of drug-likeness (QED) is 0.121. The zero-order chi connectivity index (χ0) is 24.1. The molecule has 3 unspecified atom stereocenters. The van der Waals surface area contributed by atoms with Gasteiger partial charge in [0.15, 0.2) is 6.33 Å². The molecule has 4 heterocycles. The maximum absolute atomic E-state index is 12.2. The molecule has 1 fully saturated rings. The number of nitrogens with two attached hydrogens (primary N) is 1. The van der Waals surface area contributed by atoms with E-state index in [4.69, 9.17) is 10.5 Å². The number of phosphoric ester groups is 1. The molecular formula is C14H18N7Na2O10P2+. The fraction of sp³-hybridized carbons (Fsp3) is 0.429. The molecule has 17 nitrogen and oxygen atoms in total. The van der Waals surface area contributed by atoms with Crippen molar-refractivity contribution in [2.75, 3.05) is 12.3 Å². The third-order valence-corrected chi connectivity index (χ3v) is 7.67. The fourth-order valence-corrected chi connectivity index (χ4v) is 5.58. The number of anilines is 1. The molecule has 35 heavy (non-hydrogen) atoms. The van der Waals surface area contributed by atoms with Crippen molar-refractivity contribution in [2.45, 2.75) is 24.5 Å². The maximum atomic E-state index is 12.2. The van der Waals surface area contributed by atoms with E-state index in [9.17, 15) is 33.9 Å². The first-order valence-electron chi connectivity index (χ1n) is 9.14. The SMILES string of the molecule is Cn1c[n+]([C@@H]2O[C@H](COP(=O)([O-])OP(=O)([O-])n3ccnc3)[C@H](O)C2O)c2nc(N)[nH]c(=O)c21.[Na+].[Na+]. The minimum atomic E-state index is -5.43. The molecule has 0 aromatic carbocycles. The standard InChI is InChI=1S/C14H19N7O10P2.2Na/c1-19-6-21(11-8(19)12(24)18-14(15)17-11)13-10(23)9(22)7(30-13)4-29-33(27,28)31-32(25,26)20-3-2-16-5-20;;/h2-3,5-7,9-10,13,22-23H,4H2,1H3,(H4-,15,17,18,24,25,26,27,28);;/q;2*+1/p-1/t7-,9+,10?,13-;;/m1../s1. The van der Waals surface area contributed by atoms with Crippen LogP contribution in [0, 0.1) is 0 Å². The zero-order valence-electron chi connectivity index (χ0n) is 18.7. The fourth-order valence-electron chi connectivity index (χ4n) is 3.31. The van der Waals surface area contributed by atoms with Gasteiger partial charge in [0.2, 0.25) is 19.5 Å². The number of nitrogens with zero attached hydrogens (tertiary/aromatic N) is 5. The van der Waals surface area contributed by atoms with E-state index in [2.05, 4.69) is 23.8 Å². The van der Waals surface area contributed by atoms with Crippen LogP contribution >= 0.6 is 15.6 Å². The van der Waals surface area contributed by atoms with Gasteiger partial charge in [-0.15, -0.1) is 0 Å². The van der Waals surface area contributed by atoms with Gasteiger partial charge in [0.25, 0.3) is 19.3 Å². The second-order valence-corrected chi connectivity index (χ2v) is 10.2. The molecule has 4 rings (SSSR count). The van der Waals surface area contributed by atoms with Gasteiger partial charge >= 0.3 is 64.8 Å². The number of aromatic nitrogens is 6.